The molecule has 0 unspecified atom stereocenters. The van der Waals surface area contributed by atoms with E-state index in [0.717, 1.165) is 30.4 Å². The number of aryl methyl sites for hydroxylation is 2. The van der Waals surface area contributed by atoms with E-state index in [1.807, 2.05) is 7.05 Å². The average molecular weight is 180 g/mol. The number of carbonyl (C=O) groups is 1. The summed E-state index contributed by atoms with van der Waals surface area (Å²) in [4.78, 5) is 10.6. The highest BCUT2D eigenvalue weighted by molar-refractivity contribution is 5.75. The van der Waals surface area contributed by atoms with Gasteiger partial charge in [0.2, 0.25) is 0 Å². The lowest BCUT2D eigenvalue weighted by molar-refractivity contribution is 0.112. The van der Waals surface area contributed by atoms with Crippen molar-refractivity contribution in [1.82, 2.24) is 9.78 Å². The molecular formula is C10H16N2O. The summed E-state index contributed by atoms with van der Waals surface area (Å²) in [7, 11) is 1.84. The number of nitrogens with zero attached hydrogens (tertiary/aromatic N) is 2. The highest BCUT2D eigenvalue weighted by atomic mass is 16.1. The molecule has 0 atom stereocenters. The fourth-order valence-electron chi connectivity index (χ4n) is 1.27. The maximum absolute atomic E-state index is 10.6. The zero-order chi connectivity index (χ0) is 9.84. The summed E-state index contributed by atoms with van der Waals surface area (Å²) in [5, 5.41) is 4.24. The van der Waals surface area contributed by atoms with Crippen LogP contribution in [0, 0.1) is 5.92 Å². The minimum atomic E-state index is 0.654. The van der Waals surface area contributed by atoms with E-state index in [1.165, 1.54) is 0 Å². The lowest BCUT2D eigenvalue weighted by Crippen LogP contribution is -1.96. The predicted molar refractivity (Wildman–Crippen MR) is 51.8 cm³/mol. The molecule has 3 heteroatoms. The number of aromatic nitrogens is 2. The Kier molecular flexibility index (Phi) is 3.23. The largest absolute Gasteiger partial charge is 0.298 e. The fourth-order valence-corrected chi connectivity index (χ4v) is 1.27. The van der Waals surface area contributed by atoms with Gasteiger partial charge in [-0.25, -0.2) is 0 Å². The Morgan fingerprint density at radius 3 is 2.85 bits per heavy atom. The SMILES string of the molecule is CC(C)CCc1nn(C)cc1C=O. The standard InChI is InChI=1S/C10H16N2O/c1-8(2)4-5-10-9(7-13)6-12(3)11-10/h6-8H,4-5H2,1-3H3. The topological polar surface area (TPSA) is 34.9 Å². The summed E-state index contributed by atoms with van der Waals surface area (Å²) < 4.78 is 1.69. The summed E-state index contributed by atoms with van der Waals surface area (Å²) in [6.45, 7) is 4.34. The fraction of sp³-hybridized carbons (Fsp3) is 0.600. The second-order valence-corrected chi connectivity index (χ2v) is 3.76. The second kappa shape index (κ2) is 4.21. The molecule has 0 aliphatic rings. The smallest absolute Gasteiger partial charge is 0.153 e. The minimum Gasteiger partial charge on any atom is -0.298 e. The van der Waals surface area contributed by atoms with Crippen molar-refractivity contribution >= 4 is 6.29 Å². The molecule has 1 heterocycles. The Hall–Kier alpha value is -1.12. The van der Waals surface area contributed by atoms with E-state index in [0.29, 0.717) is 5.92 Å². The molecule has 0 N–H and O–H groups in total. The van der Waals surface area contributed by atoms with Gasteiger partial charge in [-0.15, -0.1) is 0 Å². The zero-order valence-corrected chi connectivity index (χ0v) is 8.45. The Morgan fingerprint density at radius 1 is 1.62 bits per heavy atom. The van der Waals surface area contributed by atoms with Gasteiger partial charge in [-0.3, -0.25) is 9.48 Å². The van der Waals surface area contributed by atoms with Crippen molar-refractivity contribution in [1.29, 1.82) is 0 Å². The second-order valence-electron chi connectivity index (χ2n) is 3.76. The molecule has 0 bridgehead atoms. The van der Waals surface area contributed by atoms with Gasteiger partial charge in [0.05, 0.1) is 11.3 Å². The summed E-state index contributed by atoms with van der Waals surface area (Å²) in [6, 6.07) is 0. The van der Waals surface area contributed by atoms with Gasteiger partial charge in [0.15, 0.2) is 6.29 Å². The Balaban J connectivity index is 2.69. The van der Waals surface area contributed by atoms with E-state index >= 15 is 0 Å². The third-order valence-electron chi connectivity index (χ3n) is 2.02. The molecule has 0 aliphatic carbocycles. The Labute approximate surface area is 78.8 Å². The van der Waals surface area contributed by atoms with Gasteiger partial charge in [-0.05, 0) is 18.8 Å². The Bertz CT molecular complexity index is 289. The third-order valence-corrected chi connectivity index (χ3v) is 2.02. The van der Waals surface area contributed by atoms with Gasteiger partial charge < -0.3 is 0 Å². The van der Waals surface area contributed by atoms with Gasteiger partial charge in [-0.1, -0.05) is 13.8 Å². The molecular weight excluding hydrogens is 164 g/mol. The van der Waals surface area contributed by atoms with Crippen LogP contribution in [0.2, 0.25) is 0 Å². The number of carbonyl (C=O) groups excluding carboxylic acids is 1. The van der Waals surface area contributed by atoms with Gasteiger partial charge >= 0.3 is 0 Å². The molecule has 0 radical (unpaired) electrons. The molecule has 0 spiro atoms. The molecule has 13 heavy (non-hydrogen) atoms. The van der Waals surface area contributed by atoms with Crippen molar-refractivity contribution in [3.8, 4) is 0 Å². The van der Waals surface area contributed by atoms with Gasteiger partial charge in [0.25, 0.3) is 0 Å². The van der Waals surface area contributed by atoms with Crippen LogP contribution in [-0.2, 0) is 13.5 Å². The lowest BCUT2D eigenvalue weighted by Gasteiger charge is -2.01. The minimum absolute atomic E-state index is 0.654. The van der Waals surface area contributed by atoms with Gasteiger partial charge in [0, 0.05) is 13.2 Å². The van der Waals surface area contributed by atoms with Crippen LogP contribution in [-0.4, -0.2) is 16.1 Å². The molecule has 0 aromatic carbocycles. The Morgan fingerprint density at radius 2 is 2.31 bits per heavy atom. The van der Waals surface area contributed by atoms with Crippen LogP contribution < -0.4 is 0 Å². The van der Waals surface area contributed by atoms with Gasteiger partial charge in [0.1, 0.15) is 0 Å². The van der Waals surface area contributed by atoms with E-state index in [2.05, 4.69) is 18.9 Å². The maximum atomic E-state index is 10.6. The van der Waals surface area contributed by atoms with E-state index in [9.17, 15) is 4.79 Å². The monoisotopic (exact) mass is 180 g/mol. The van der Waals surface area contributed by atoms with Crippen LogP contribution in [0.4, 0.5) is 0 Å². The number of aldehydes is 1. The molecule has 72 valence electrons. The molecule has 0 saturated carbocycles. The summed E-state index contributed by atoms with van der Waals surface area (Å²) in [5.74, 6) is 0.654. The van der Waals surface area contributed by atoms with Crippen LogP contribution in [0.15, 0.2) is 6.20 Å². The molecule has 1 aromatic heterocycles. The molecule has 1 aromatic rings. The van der Waals surface area contributed by atoms with Crippen LogP contribution in [0.3, 0.4) is 0 Å². The predicted octanol–water partition coefficient (Wildman–Crippen LogP) is 1.82. The molecule has 0 amide bonds. The van der Waals surface area contributed by atoms with Crippen LogP contribution in [0.5, 0.6) is 0 Å². The lowest BCUT2D eigenvalue weighted by atomic mass is 10.1. The van der Waals surface area contributed by atoms with E-state index in [-0.39, 0.29) is 0 Å². The van der Waals surface area contributed by atoms with E-state index in [1.54, 1.807) is 10.9 Å². The highest BCUT2D eigenvalue weighted by Gasteiger charge is 2.06. The first-order chi connectivity index (χ1) is 6.13. The molecule has 1 rings (SSSR count). The molecule has 3 nitrogen and oxygen atoms in total. The third kappa shape index (κ3) is 2.68. The van der Waals surface area contributed by atoms with Crippen LogP contribution in [0.1, 0.15) is 36.3 Å². The first-order valence-electron chi connectivity index (χ1n) is 4.61. The summed E-state index contributed by atoms with van der Waals surface area (Å²) in [5.41, 5.74) is 1.65. The summed E-state index contributed by atoms with van der Waals surface area (Å²) in [6.07, 6.45) is 4.62. The van der Waals surface area contributed by atoms with Crippen molar-refractivity contribution in [2.24, 2.45) is 13.0 Å². The number of rotatable bonds is 4. The van der Waals surface area contributed by atoms with Crippen molar-refractivity contribution in [2.75, 3.05) is 0 Å². The van der Waals surface area contributed by atoms with E-state index in [4.69, 9.17) is 0 Å². The number of hydrogen-bond acceptors (Lipinski definition) is 2. The quantitative estimate of drug-likeness (QED) is 0.662. The zero-order valence-electron chi connectivity index (χ0n) is 8.45. The molecule has 0 aliphatic heterocycles. The van der Waals surface area contributed by atoms with E-state index < -0.39 is 0 Å². The average Bonchev–Trinajstić information content (AvgIpc) is 2.42. The molecule has 0 fully saturated rings. The van der Waals surface area contributed by atoms with Crippen LogP contribution in [0.25, 0.3) is 0 Å². The van der Waals surface area contributed by atoms with Gasteiger partial charge in [-0.2, -0.15) is 5.10 Å². The first-order valence-corrected chi connectivity index (χ1v) is 4.61. The highest BCUT2D eigenvalue weighted by Crippen LogP contribution is 2.10. The maximum Gasteiger partial charge on any atom is 0.153 e. The van der Waals surface area contributed by atoms with Crippen molar-refractivity contribution < 1.29 is 4.79 Å². The number of hydrogen-bond donors (Lipinski definition) is 0. The van der Waals surface area contributed by atoms with Crippen molar-refractivity contribution in [2.45, 2.75) is 26.7 Å². The van der Waals surface area contributed by atoms with Crippen LogP contribution >= 0.6 is 0 Å². The summed E-state index contributed by atoms with van der Waals surface area (Å²) >= 11 is 0. The normalized spacial score (nSPS) is 10.8. The molecule has 0 saturated heterocycles. The first kappa shape index (κ1) is 9.96. The van der Waals surface area contributed by atoms with Crippen molar-refractivity contribution in [3.05, 3.63) is 17.5 Å². The van der Waals surface area contributed by atoms with Crippen molar-refractivity contribution in [3.63, 3.8) is 0 Å².